The van der Waals surface area contributed by atoms with Gasteiger partial charge in [0.25, 0.3) is 0 Å². The van der Waals surface area contributed by atoms with Crippen molar-refractivity contribution in [2.24, 2.45) is 0 Å². The molecule has 0 aliphatic rings. The maximum atomic E-state index is 13.2. The van der Waals surface area contributed by atoms with Gasteiger partial charge in [-0.2, -0.15) is 0 Å². The lowest BCUT2D eigenvalue weighted by molar-refractivity contribution is 0.340. The molecule has 0 aliphatic heterocycles. The molecule has 2 aromatic rings. The molecule has 100 valence electrons. The highest BCUT2D eigenvalue weighted by atomic mass is 19.1. The third kappa shape index (κ3) is 3.71. The highest BCUT2D eigenvalue weighted by molar-refractivity contribution is 5.46. The minimum Gasteiger partial charge on any atom is -0.494 e. The smallest absolute Gasteiger partial charge is 0.126 e. The molecule has 0 saturated carbocycles. The molecule has 2 rings (SSSR count). The molecule has 0 atom stereocenters. The van der Waals surface area contributed by atoms with Crippen LogP contribution in [0.5, 0.6) is 5.75 Å². The van der Waals surface area contributed by atoms with Crippen molar-refractivity contribution >= 4 is 5.69 Å². The first kappa shape index (κ1) is 13.4. The van der Waals surface area contributed by atoms with Crippen molar-refractivity contribution in [1.82, 2.24) is 0 Å². The van der Waals surface area contributed by atoms with Crippen LogP contribution in [0, 0.1) is 12.7 Å². The summed E-state index contributed by atoms with van der Waals surface area (Å²) in [6.45, 7) is 5.07. The number of nitrogens with one attached hydrogen (secondary N) is 1. The summed E-state index contributed by atoms with van der Waals surface area (Å²) in [5, 5.41) is 3.28. The van der Waals surface area contributed by atoms with Gasteiger partial charge in [-0.1, -0.05) is 12.1 Å². The van der Waals surface area contributed by atoms with Crippen molar-refractivity contribution in [2.75, 3.05) is 11.9 Å². The van der Waals surface area contributed by atoms with Gasteiger partial charge in [-0.15, -0.1) is 0 Å². The van der Waals surface area contributed by atoms with Gasteiger partial charge in [-0.3, -0.25) is 0 Å². The molecule has 0 saturated heterocycles. The van der Waals surface area contributed by atoms with Gasteiger partial charge in [0.1, 0.15) is 11.6 Å². The molecule has 0 unspecified atom stereocenters. The second-order valence-electron chi connectivity index (χ2n) is 4.40. The number of rotatable bonds is 5. The fourth-order valence-electron chi connectivity index (χ4n) is 1.87. The second kappa shape index (κ2) is 6.23. The fourth-order valence-corrected chi connectivity index (χ4v) is 1.87. The Kier molecular flexibility index (Phi) is 4.39. The van der Waals surface area contributed by atoms with E-state index in [0.29, 0.717) is 18.7 Å². The van der Waals surface area contributed by atoms with E-state index in [-0.39, 0.29) is 5.82 Å². The quantitative estimate of drug-likeness (QED) is 0.871. The van der Waals surface area contributed by atoms with Crippen molar-refractivity contribution in [3.63, 3.8) is 0 Å². The number of benzene rings is 2. The van der Waals surface area contributed by atoms with E-state index < -0.39 is 0 Å². The average molecular weight is 259 g/mol. The van der Waals surface area contributed by atoms with Gasteiger partial charge in [0.05, 0.1) is 6.61 Å². The maximum absolute atomic E-state index is 13.2. The van der Waals surface area contributed by atoms with Crippen LogP contribution in [0.3, 0.4) is 0 Å². The van der Waals surface area contributed by atoms with E-state index in [1.807, 2.05) is 37.3 Å². The Morgan fingerprint density at radius 3 is 2.74 bits per heavy atom. The zero-order chi connectivity index (χ0) is 13.7. The fraction of sp³-hybridized carbons (Fsp3) is 0.250. The van der Waals surface area contributed by atoms with Gasteiger partial charge in [0.2, 0.25) is 0 Å². The standard InChI is InChI=1S/C16H18FNO/c1-3-19-15-6-4-5-13(10-15)11-18-14-7-8-16(17)12(2)9-14/h4-10,18H,3,11H2,1-2H3. The van der Waals surface area contributed by atoms with E-state index >= 15 is 0 Å². The van der Waals surface area contributed by atoms with Crippen LogP contribution in [0.15, 0.2) is 42.5 Å². The molecule has 0 spiro atoms. The van der Waals surface area contributed by atoms with Crippen LogP contribution in [-0.2, 0) is 6.54 Å². The van der Waals surface area contributed by atoms with Crippen LogP contribution in [0.2, 0.25) is 0 Å². The van der Waals surface area contributed by atoms with Crippen molar-refractivity contribution < 1.29 is 9.13 Å². The van der Waals surface area contributed by atoms with Gasteiger partial charge in [-0.05, 0) is 55.3 Å². The molecule has 0 amide bonds. The van der Waals surface area contributed by atoms with Crippen LogP contribution in [0.25, 0.3) is 0 Å². The van der Waals surface area contributed by atoms with Gasteiger partial charge in [0.15, 0.2) is 0 Å². The molecule has 0 fully saturated rings. The van der Waals surface area contributed by atoms with Gasteiger partial charge < -0.3 is 10.1 Å². The molecule has 0 aromatic heterocycles. The second-order valence-corrected chi connectivity index (χ2v) is 4.40. The van der Waals surface area contributed by atoms with E-state index in [9.17, 15) is 4.39 Å². The summed E-state index contributed by atoms with van der Waals surface area (Å²) in [6.07, 6.45) is 0. The van der Waals surface area contributed by atoms with Crippen molar-refractivity contribution in [2.45, 2.75) is 20.4 Å². The molecule has 2 nitrogen and oxygen atoms in total. The lowest BCUT2D eigenvalue weighted by Gasteiger charge is -2.09. The van der Waals surface area contributed by atoms with Crippen molar-refractivity contribution in [3.8, 4) is 5.75 Å². The lowest BCUT2D eigenvalue weighted by atomic mass is 10.2. The summed E-state index contributed by atoms with van der Waals surface area (Å²) in [5.41, 5.74) is 2.70. The third-order valence-corrected chi connectivity index (χ3v) is 2.86. The van der Waals surface area contributed by atoms with Crippen LogP contribution in [0.1, 0.15) is 18.1 Å². The largest absolute Gasteiger partial charge is 0.494 e. The number of aryl methyl sites for hydroxylation is 1. The zero-order valence-electron chi connectivity index (χ0n) is 11.2. The lowest BCUT2D eigenvalue weighted by Crippen LogP contribution is -2.01. The normalized spacial score (nSPS) is 10.3. The monoisotopic (exact) mass is 259 g/mol. The third-order valence-electron chi connectivity index (χ3n) is 2.86. The first-order valence-corrected chi connectivity index (χ1v) is 6.41. The van der Waals surface area contributed by atoms with Crippen molar-refractivity contribution in [1.29, 1.82) is 0 Å². The minimum atomic E-state index is -0.177. The number of hydrogen-bond acceptors (Lipinski definition) is 2. The molecule has 0 radical (unpaired) electrons. The Hall–Kier alpha value is -2.03. The highest BCUT2D eigenvalue weighted by Crippen LogP contribution is 2.17. The molecule has 0 aliphatic carbocycles. The van der Waals surface area contributed by atoms with Crippen LogP contribution in [0.4, 0.5) is 10.1 Å². The number of hydrogen-bond donors (Lipinski definition) is 1. The van der Waals surface area contributed by atoms with Crippen molar-refractivity contribution in [3.05, 3.63) is 59.4 Å². The predicted octanol–water partition coefficient (Wildman–Crippen LogP) is 4.14. The van der Waals surface area contributed by atoms with Crippen LogP contribution in [-0.4, -0.2) is 6.61 Å². The summed E-state index contributed by atoms with van der Waals surface area (Å²) >= 11 is 0. The van der Waals surface area contributed by atoms with Gasteiger partial charge in [0, 0.05) is 12.2 Å². The summed E-state index contributed by atoms with van der Waals surface area (Å²) < 4.78 is 18.6. The SMILES string of the molecule is CCOc1cccc(CNc2ccc(F)c(C)c2)c1. The summed E-state index contributed by atoms with van der Waals surface area (Å²) in [7, 11) is 0. The molecule has 2 aromatic carbocycles. The molecule has 3 heteroatoms. The summed E-state index contributed by atoms with van der Waals surface area (Å²) in [4.78, 5) is 0. The first-order chi connectivity index (χ1) is 9.19. The van der Waals surface area contributed by atoms with E-state index in [2.05, 4.69) is 5.32 Å². The Labute approximate surface area is 113 Å². The Morgan fingerprint density at radius 2 is 2.00 bits per heavy atom. The zero-order valence-corrected chi connectivity index (χ0v) is 11.2. The molecule has 1 N–H and O–H groups in total. The summed E-state index contributed by atoms with van der Waals surface area (Å²) in [6, 6.07) is 13.0. The molecular weight excluding hydrogens is 241 g/mol. The van der Waals surface area contributed by atoms with E-state index in [0.717, 1.165) is 17.0 Å². The molecular formula is C16H18FNO. The van der Waals surface area contributed by atoms with Gasteiger partial charge in [-0.25, -0.2) is 4.39 Å². The van der Waals surface area contributed by atoms with E-state index in [4.69, 9.17) is 4.74 Å². The summed E-state index contributed by atoms with van der Waals surface area (Å²) in [5.74, 6) is 0.695. The Balaban J connectivity index is 2.01. The average Bonchev–Trinajstić information content (AvgIpc) is 2.41. The molecule has 0 bridgehead atoms. The topological polar surface area (TPSA) is 21.3 Å². The number of ether oxygens (including phenoxy) is 1. The maximum Gasteiger partial charge on any atom is 0.126 e. The van der Waals surface area contributed by atoms with E-state index in [1.165, 1.54) is 6.07 Å². The Morgan fingerprint density at radius 1 is 1.16 bits per heavy atom. The predicted molar refractivity (Wildman–Crippen MR) is 76.1 cm³/mol. The number of anilines is 1. The van der Waals surface area contributed by atoms with Crippen LogP contribution >= 0.6 is 0 Å². The first-order valence-electron chi connectivity index (χ1n) is 6.41. The van der Waals surface area contributed by atoms with E-state index in [1.54, 1.807) is 13.0 Å². The Bertz CT molecular complexity index is 554. The van der Waals surface area contributed by atoms with Gasteiger partial charge >= 0.3 is 0 Å². The minimum absolute atomic E-state index is 0.177. The molecule has 19 heavy (non-hydrogen) atoms. The number of halogens is 1. The highest BCUT2D eigenvalue weighted by Gasteiger charge is 2.00. The van der Waals surface area contributed by atoms with Crippen LogP contribution < -0.4 is 10.1 Å². The molecule has 0 heterocycles.